The first-order valence-corrected chi connectivity index (χ1v) is 33.9. The number of carbonyl (C=O) groups is 3. The summed E-state index contributed by atoms with van der Waals surface area (Å²) in [5.41, 5.74) is 4.13. The van der Waals surface area contributed by atoms with E-state index in [0.717, 1.165) is 86.5 Å². The summed E-state index contributed by atoms with van der Waals surface area (Å²) >= 11 is 0. The van der Waals surface area contributed by atoms with Gasteiger partial charge in [0, 0.05) is 6.42 Å². The van der Waals surface area contributed by atoms with Crippen LogP contribution in [0.2, 0.25) is 0 Å². The molecule has 3 saturated heterocycles. The Balaban J connectivity index is 1.11. The maximum atomic E-state index is 15.1. The van der Waals surface area contributed by atoms with Crippen molar-refractivity contribution in [2.24, 2.45) is 0 Å². The largest absolute Gasteiger partial charge is 0.469 e. The van der Waals surface area contributed by atoms with Gasteiger partial charge in [0.05, 0.1) is 75.7 Å². The molecule has 510 valence electrons. The van der Waals surface area contributed by atoms with E-state index in [0.29, 0.717) is 6.42 Å². The quantitative estimate of drug-likeness (QED) is 0.0155. The zero-order valence-corrected chi connectivity index (χ0v) is 55.6. The fourth-order valence-corrected chi connectivity index (χ4v) is 12.4. The molecule has 95 heavy (non-hydrogen) atoms. The van der Waals surface area contributed by atoms with Crippen LogP contribution < -0.4 is 0 Å². The fourth-order valence-electron chi connectivity index (χ4n) is 12.4. The van der Waals surface area contributed by atoms with Crippen molar-refractivity contribution < 1.29 is 80.7 Å². The van der Waals surface area contributed by atoms with E-state index >= 15 is 4.79 Å². The molecule has 6 aromatic rings. The Morgan fingerprint density at radius 1 is 0.421 bits per heavy atom. The van der Waals surface area contributed by atoms with E-state index in [9.17, 15) is 9.59 Å². The molecule has 3 heterocycles. The minimum Gasteiger partial charge on any atom is -0.469 e. The highest BCUT2D eigenvalue weighted by Crippen LogP contribution is 2.40. The second kappa shape index (κ2) is 38.7. The molecule has 0 saturated carbocycles. The standard InChI is InChI=1S/C78H96O17/c1-7-34-63(47-32-12-10-9-11-13-33-48-64(79)82-6)91-76-72(69(87-53-60-41-26-17-27-42-60)66(55(4)88-76)85-51-58-37-22-15-23-38-58)95-78-73(93-75(81)62-45-30-19-31-46-62)70(67(56(5)90-78)86-52-59-39-24-16-25-40-59)94-77-71(92-74(80)61-43-28-18-29-44-61)68(83-49-8-2)65(54(3)89-77)84-50-57-35-20-14-21-36-57/h8,14-31,35-46,54-56,63,65-73,76-78H,2,7,9-13,32-34,47-53H2,1,3-6H3/t54-,55-,56-,63+,65-,66-,67-,68+,69+,70+,71-,72-,73-,76+,77+,78+/m1/s1. The third-order valence-corrected chi connectivity index (χ3v) is 17.4. The summed E-state index contributed by atoms with van der Waals surface area (Å²) in [5.74, 6) is -1.56. The average Bonchev–Trinajstić information content (AvgIpc) is 0.787. The molecule has 17 nitrogen and oxygen atoms in total. The van der Waals surface area contributed by atoms with Crippen molar-refractivity contribution in [1.29, 1.82) is 0 Å². The highest BCUT2D eigenvalue weighted by Gasteiger charge is 2.57. The number of ether oxygens (including phenoxy) is 14. The molecule has 0 N–H and O–H groups in total. The normalized spacial score (nSPS) is 26.2. The van der Waals surface area contributed by atoms with E-state index in [1.165, 1.54) is 7.11 Å². The lowest BCUT2D eigenvalue weighted by Crippen LogP contribution is -2.67. The molecule has 6 aromatic carbocycles. The summed E-state index contributed by atoms with van der Waals surface area (Å²) in [6.07, 6.45) is -4.99. The van der Waals surface area contributed by atoms with Gasteiger partial charge in [0.15, 0.2) is 31.1 Å². The summed E-state index contributed by atoms with van der Waals surface area (Å²) < 4.78 is 96.1. The fraction of sp³-hybridized carbons (Fsp3) is 0.474. The molecule has 16 atom stereocenters. The molecule has 0 aromatic heterocycles. The van der Waals surface area contributed by atoms with Gasteiger partial charge in [-0.1, -0.05) is 216 Å². The Hall–Kier alpha value is -6.97. The van der Waals surface area contributed by atoms with Crippen LogP contribution in [-0.4, -0.2) is 130 Å². The lowest BCUT2D eigenvalue weighted by atomic mass is 9.95. The van der Waals surface area contributed by atoms with Crippen molar-refractivity contribution in [3.05, 3.63) is 228 Å². The summed E-state index contributed by atoms with van der Waals surface area (Å²) in [5, 5.41) is 0. The van der Waals surface area contributed by atoms with Gasteiger partial charge < -0.3 is 66.3 Å². The number of esters is 3. The van der Waals surface area contributed by atoms with Crippen molar-refractivity contribution >= 4 is 17.9 Å². The van der Waals surface area contributed by atoms with Crippen LogP contribution in [-0.2, 0) is 97.5 Å². The second-order valence-electron chi connectivity index (χ2n) is 24.6. The molecule has 0 amide bonds. The first-order chi connectivity index (χ1) is 46.5. The molecular weight excluding hydrogens is 1210 g/mol. The summed E-state index contributed by atoms with van der Waals surface area (Å²) in [4.78, 5) is 41.3. The van der Waals surface area contributed by atoms with Crippen molar-refractivity contribution in [2.75, 3.05) is 13.7 Å². The number of rotatable bonds is 37. The number of methoxy groups -OCH3 is 1. The Morgan fingerprint density at radius 2 is 0.779 bits per heavy atom. The van der Waals surface area contributed by atoms with E-state index < -0.39 is 104 Å². The predicted molar refractivity (Wildman–Crippen MR) is 357 cm³/mol. The van der Waals surface area contributed by atoms with Crippen LogP contribution in [0.15, 0.2) is 195 Å². The molecule has 9 rings (SSSR count). The molecule has 0 radical (unpaired) electrons. The topological polar surface area (TPSA) is 180 Å². The average molecular weight is 1310 g/mol. The van der Waals surface area contributed by atoms with Gasteiger partial charge in [0.1, 0.15) is 42.7 Å². The summed E-state index contributed by atoms with van der Waals surface area (Å²) in [6, 6.07) is 56.4. The molecule has 0 unspecified atom stereocenters. The highest BCUT2D eigenvalue weighted by molar-refractivity contribution is 5.90. The van der Waals surface area contributed by atoms with Crippen molar-refractivity contribution in [3.63, 3.8) is 0 Å². The molecule has 0 spiro atoms. The van der Waals surface area contributed by atoms with Crippen LogP contribution in [0.5, 0.6) is 0 Å². The molecule has 3 aliphatic rings. The first kappa shape index (κ1) is 72.3. The number of unbranched alkanes of at least 4 members (excludes halogenated alkanes) is 6. The number of benzene rings is 6. The van der Waals surface area contributed by atoms with Gasteiger partial charge in [-0.05, 0) is 86.6 Å². The highest BCUT2D eigenvalue weighted by atomic mass is 16.8. The number of carbonyl (C=O) groups excluding carboxylic acids is 3. The molecule has 3 fully saturated rings. The van der Waals surface area contributed by atoms with Gasteiger partial charge in [-0.3, -0.25) is 4.79 Å². The van der Waals surface area contributed by atoms with E-state index in [2.05, 4.69) is 13.5 Å². The minimum absolute atomic E-state index is 0.0495. The summed E-state index contributed by atoms with van der Waals surface area (Å²) in [6.45, 7) is 12.5. The van der Waals surface area contributed by atoms with E-state index in [1.54, 1.807) is 54.6 Å². The van der Waals surface area contributed by atoms with E-state index in [-0.39, 0.29) is 56.2 Å². The Morgan fingerprint density at radius 3 is 1.20 bits per heavy atom. The van der Waals surface area contributed by atoms with Crippen molar-refractivity contribution in [1.82, 2.24) is 0 Å². The van der Waals surface area contributed by atoms with Gasteiger partial charge in [-0.2, -0.15) is 0 Å². The SMILES string of the molecule is C=CCO[C@@H]1[C@@H](OC(=O)c2ccccc2)[C@H](O[C@@H]2[C@@H](OC(=O)c3ccccc3)[C@H](O[C@H]3[C@H](O[C@@H](CCC)CCCCCCCCCC(=O)OC)O[C@H](C)[C@@H](OCc4ccccc4)[C@@H]3OCc3ccccc3)O[C@H](C)[C@H]2OCc2ccccc2)O[C@H](C)[C@H]1OCc1ccccc1. The van der Waals surface area contributed by atoms with Crippen LogP contribution in [0.25, 0.3) is 0 Å². The molecule has 17 heteroatoms. The Kier molecular flexibility index (Phi) is 29.4. The van der Waals surface area contributed by atoms with Crippen molar-refractivity contribution in [2.45, 2.75) is 223 Å². The predicted octanol–water partition coefficient (Wildman–Crippen LogP) is 14.2. The lowest BCUT2D eigenvalue weighted by Gasteiger charge is -2.51. The maximum Gasteiger partial charge on any atom is 0.338 e. The molecule has 0 aliphatic carbocycles. The van der Waals surface area contributed by atoms with Gasteiger partial charge in [0.25, 0.3) is 0 Å². The van der Waals surface area contributed by atoms with Crippen LogP contribution in [0.4, 0.5) is 0 Å². The van der Waals surface area contributed by atoms with E-state index in [1.807, 2.05) is 154 Å². The van der Waals surface area contributed by atoms with Crippen LogP contribution >= 0.6 is 0 Å². The Labute approximate surface area is 560 Å². The zero-order valence-electron chi connectivity index (χ0n) is 55.6. The van der Waals surface area contributed by atoms with E-state index in [4.69, 9.17) is 66.3 Å². The third-order valence-electron chi connectivity index (χ3n) is 17.4. The van der Waals surface area contributed by atoms with Gasteiger partial charge in [-0.25, -0.2) is 9.59 Å². The first-order valence-electron chi connectivity index (χ1n) is 33.9. The van der Waals surface area contributed by atoms with Crippen LogP contribution in [0, 0.1) is 0 Å². The zero-order chi connectivity index (χ0) is 66.6. The maximum absolute atomic E-state index is 15.1. The second-order valence-corrected chi connectivity index (χ2v) is 24.6. The molecule has 3 aliphatic heterocycles. The number of hydrogen-bond acceptors (Lipinski definition) is 17. The minimum atomic E-state index is -1.48. The lowest BCUT2D eigenvalue weighted by molar-refractivity contribution is -0.389. The third kappa shape index (κ3) is 21.8. The Bertz CT molecular complexity index is 3150. The van der Waals surface area contributed by atoms with Gasteiger partial charge in [-0.15, -0.1) is 6.58 Å². The van der Waals surface area contributed by atoms with Gasteiger partial charge in [0.2, 0.25) is 0 Å². The van der Waals surface area contributed by atoms with Crippen molar-refractivity contribution in [3.8, 4) is 0 Å². The number of hydrogen-bond donors (Lipinski definition) is 0. The smallest absolute Gasteiger partial charge is 0.338 e. The molecular formula is C78H96O17. The van der Waals surface area contributed by atoms with Gasteiger partial charge >= 0.3 is 17.9 Å². The molecule has 0 bridgehead atoms. The van der Waals surface area contributed by atoms with Crippen LogP contribution in [0.1, 0.15) is 141 Å². The van der Waals surface area contributed by atoms with Crippen LogP contribution in [0.3, 0.4) is 0 Å². The summed E-state index contributed by atoms with van der Waals surface area (Å²) in [7, 11) is 1.43. The monoisotopic (exact) mass is 1300 g/mol.